The van der Waals surface area contributed by atoms with E-state index in [9.17, 15) is 18.0 Å². The Labute approximate surface area is 186 Å². The van der Waals surface area contributed by atoms with E-state index in [1.807, 2.05) is 6.92 Å². The second-order valence-electron chi connectivity index (χ2n) is 6.98. The van der Waals surface area contributed by atoms with Crippen molar-refractivity contribution in [3.63, 3.8) is 0 Å². The molecular formula is C23H23N3O5S. The van der Waals surface area contributed by atoms with Crippen LogP contribution in [0, 0.1) is 6.92 Å². The summed E-state index contributed by atoms with van der Waals surface area (Å²) in [6.45, 7) is 1.37. The van der Waals surface area contributed by atoms with Gasteiger partial charge in [0.2, 0.25) is 5.91 Å². The Morgan fingerprint density at radius 2 is 1.59 bits per heavy atom. The molecule has 0 bridgehead atoms. The molecule has 0 aliphatic carbocycles. The SMILES string of the molecule is COc1ccc(S(=O)(=O)N(CC(=O)Nc2ccccc2C(N)=O)c2ccc(C)cc2)cc1. The summed E-state index contributed by atoms with van der Waals surface area (Å²) >= 11 is 0. The number of ether oxygens (including phenoxy) is 1. The minimum Gasteiger partial charge on any atom is -0.497 e. The molecule has 3 aromatic rings. The number of benzene rings is 3. The van der Waals surface area contributed by atoms with Gasteiger partial charge in [0, 0.05) is 0 Å². The van der Waals surface area contributed by atoms with Crippen LogP contribution in [0.3, 0.4) is 0 Å². The van der Waals surface area contributed by atoms with E-state index in [2.05, 4.69) is 5.32 Å². The number of nitrogens with two attached hydrogens (primary N) is 1. The maximum Gasteiger partial charge on any atom is 0.264 e. The predicted octanol–water partition coefficient (Wildman–Crippen LogP) is 2.94. The van der Waals surface area contributed by atoms with Crippen molar-refractivity contribution in [1.29, 1.82) is 0 Å². The number of amides is 2. The van der Waals surface area contributed by atoms with Gasteiger partial charge < -0.3 is 15.8 Å². The van der Waals surface area contributed by atoms with Gasteiger partial charge in [-0.15, -0.1) is 0 Å². The summed E-state index contributed by atoms with van der Waals surface area (Å²) in [6, 6.07) is 18.9. The molecule has 2 amide bonds. The molecule has 0 fully saturated rings. The Morgan fingerprint density at radius 1 is 0.969 bits per heavy atom. The molecule has 32 heavy (non-hydrogen) atoms. The predicted molar refractivity (Wildman–Crippen MR) is 122 cm³/mol. The third-order valence-corrected chi connectivity index (χ3v) is 6.51. The fourth-order valence-electron chi connectivity index (χ4n) is 3.03. The number of hydrogen-bond donors (Lipinski definition) is 2. The van der Waals surface area contributed by atoms with E-state index in [0.717, 1.165) is 9.87 Å². The molecule has 0 heterocycles. The van der Waals surface area contributed by atoms with E-state index < -0.39 is 28.4 Å². The molecule has 0 aromatic heterocycles. The molecular weight excluding hydrogens is 430 g/mol. The summed E-state index contributed by atoms with van der Waals surface area (Å²) < 4.78 is 32.9. The Balaban J connectivity index is 1.95. The van der Waals surface area contributed by atoms with Crippen molar-refractivity contribution in [2.45, 2.75) is 11.8 Å². The molecule has 0 unspecified atom stereocenters. The number of sulfonamides is 1. The third kappa shape index (κ3) is 5.06. The summed E-state index contributed by atoms with van der Waals surface area (Å²) in [4.78, 5) is 24.5. The fraction of sp³-hybridized carbons (Fsp3) is 0.130. The van der Waals surface area contributed by atoms with Crippen LogP contribution in [0.2, 0.25) is 0 Å². The lowest BCUT2D eigenvalue weighted by Gasteiger charge is -2.24. The van der Waals surface area contributed by atoms with Gasteiger partial charge in [0.25, 0.3) is 15.9 Å². The number of primary amides is 1. The van der Waals surface area contributed by atoms with Crippen LogP contribution in [-0.2, 0) is 14.8 Å². The molecule has 0 atom stereocenters. The van der Waals surface area contributed by atoms with Gasteiger partial charge in [0.05, 0.1) is 28.9 Å². The average Bonchev–Trinajstić information content (AvgIpc) is 2.78. The summed E-state index contributed by atoms with van der Waals surface area (Å²) in [6.07, 6.45) is 0. The largest absolute Gasteiger partial charge is 0.497 e. The van der Waals surface area contributed by atoms with E-state index in [1.54, 1.807) is 36.4 Å². The van der Waals surface area contributed by atoms with Gasteiger partial charge >= 0.3 is 0 Å². The molecule has 0 saturated heterocycles. The Morgan fingerprint density at radius 3 is 2.19 bits per heavy atom. The molecule has 0 aliphatic heterocycles. The monoisotopic (exact) mass is 453 g/mol. The number of aryl methyl sites for hydroxylation is 1. The van der Waals surface area contributed by atoms with Gasteiger partial charge in [0.1, 0.15) is 12.3 Å². The summed E-state index contributed by atoms with van der Waals surface area (Å²) in [5.41, 5.74) is 6.95. The molecule has 3 rings (SSSR count). The van der Waals surface area contributed by atoms with E-state index in [4.69, 9.17) is 10.5 Å². The molecule has 166 valence electrons. The van der Waals surface area contributed by atoms with Crippen molar-refractivity contribution in [2.24, 2.45) is 5.73 Å². The molecule has 0 saturated carbocycles. The summed E-state index contributed by atoms with van der Waals surface area (Å²) in [5, 5.41) is 2.58. The van der Waals surface area contributed by atoms with Crippen molar-refractivity contribution in [2.75, 3.05) is 23.3 Å². The Kier molecular flexibility index (Phi) is 6.79. The highest BCUT2D eigenvalue weighted by Crippen LogP contribution is 2.26. The van der Waals surface area contributed by atoms with Crippen molar-refractivity contribution in [3.8, 4) is 5.75 Å². The molecule has 3 aromatic carbocycles. The van der Waals surface area contributed by atoms with Crippen LogP contribution in [0.1, 0.15) is 15.9 Å². The van der Waals surface area contributed by atoms with Crippen LogP contribution in [0.15, 0.2) is 77.7 Å². The van der Waals surface area contributed by atoms with Crippen molar-refractivity contribution in [3.05, 3.63) is 83.9 Å². The molecule has 9 heteroatoms. The number of para-hydroxylation sites is 1. The number of anilines is 2. The van der Waals surface area contributed by atoms with Gasteiger partial charge in [-0.2, -0.15) is 0 Å². The van der Waals surface area contributed by atoms with Crippen LogP contribution in [-0.4, -0.2) is 33.9 Å². The fourth-order valence-corrected chi connectivity index (χ4v) is 4.45. The standard InChI is InChI=1S/C23H23N3O5S/c1-16-7-9-17(10-8-16)26(32(29,30)19-13-11-18(31-2)12-14-19)15-22(27)25-21-6-4-3-5-20(21)23(24)28/h3-14H,15H2,1-2H3,(H2,24,28)(H,25,27). The number of methoxy groups -OCH3 is 1. The zero-order valence-electron chi connectivity index (χ0n) is 17.6. The maximum absolute atomic E-state index is 13.4. The second-order valence-corrected chi connectivity index (χ2v) is 8.84. The highest BCUT2D eigenvalue weighted by molar-refractivity contribution is 7.92. The van der Waals surface area contributed by atoms with Gasteiger partial charge in [-0.3, -0.25) is 13.9 Å². The zero-order chi connectivity index (χ0) is 23.3. The van der Waals surface area contributed by atoms with Crippen LogP contribution < -0.4 is 20.1 Å². The Bertz CT molecular complexity index is 1220. The molecule has 3 N–H and O–H groups in total. The van der Waals surface area contributed by atoms with Crippen LogP contribution in [0.25, 0.3) is 0 Å². The first kappa shape index (κ1) is 22.8. The normalized spacial score (nSPS) is 10.9. The minimum atomic E-state index is -4.08. The van der Waals surface area contributed by atoms with Crippen LogP contribution in [0.5, 0.6) is 5.75 Å². The number of hydrogen-bond acceptors (Lipinski definition) is 5. The molecule has 8 nitrogen and oxygen atoms in total. The average molecular weight is 454 g/mol. The second kappa shape index (κ2) is 9.52. The van der Waals surface area contributed by atoms with Gasteiger partial charge in [-0.25, -0.2) is 8.42 Å². The quantitative estimate of drug-likeness (QED) is 0.544. The van der Waals surface area contributed by atoms with Crippen molar-refractivity contribution >= 4 is 33.2 Å². The van der Waals surface area contributed by atoms with Crippen LogP contribution in [0.4, 0.5) is 11.4 Å². The lowest BCUT2D eigenvalue weighted by atomic mass is 10.1. The summed E-state index contributed by atoms with van der Waals surface area (Å²) in [7, 11) is -2.60. The van der Waals surface area contributed by atoms with Crippen LogP contribution >= 0.6 is 0 Å². The zero-order valence-corrected chi connectivity index (χ0v) is 18.4. The van der Waals surface area contributed by atoms with Gasteiger partial charge in [0.15, 0.2) is 0 Å². The number of nitrogens with zero attached hydrogens (tertiary/aromatic N) is 1. The maximum atomic E-state index is 13.4. The Hall–Kier alpha value is -3.85. The highest BCUT2D eigenvalue weighted by atomic mass is 32.2. The van der Waals surface area contributed by atoms with E-state index in [-0.39, 0.29) is 16.1 Å². The smallest absolute Gasteiger partial charge is 0.264 e. The van der Waals surface area contributed by atoms with E-state index in [1.165, 1.54) is 43.5 Å². The lowest BCUT2D eigenvalue weighted by molar-refractivity contribution is -0.114. The van der Waals surface area contributed by atoms with Crippen molar-refractivity contribution < 1.29 is 22.7 Å². The first-order valence-electron chi connectivity index (χ1n) is 9.64. The number of carbonyl (C=O) groups excluding carboxylic acids is 2. The van der Waals surface area contributed by atoms with Gasteiger partial charge in [-0.1, -0.05) is 29.8 Å². The molecule has 0 radical (unpaired) electrons. The number of nitrogens with one attached hydrogen (secondary N) is 1. The van der Waals surface area contributed by atoms with Gasteiger partial charge in [-0.05, 0) is 55.5 Å². The molecule has 0 aliphatic rings. The third-order valence-electron chi connectivity index (χ3n) is 4.72. The number of carbonyl (C=O) groups is 2. The number of rotatable bonds is 8. The minimum absolute atomic E-state index is 0.00390. The first-order chi connectivity index (χ1) is 15.2. The topological polar surface area (TPSA) is 119 Å². The summed E-state index contributed by atoms with van der Waals surface area (Å²) in [5.74, 6) is -0.829. The van der Waals surface area contributed by atoms with E-state index >= 15 is 0 Å². The lowest BCUT2D eigenvalue weighted by Crippen LogP contribution is -2.38. The first-order valence-corrected chi connectivity index (χ1v) is 11.1. The van der Waals surface area contributed by atoms with E-state index in [0.29, 0.717) is 11.4 Å². The van der Waals surface area contributed by atoms with Crippen molar-refractivity contribution in [1.82, 2.24) is 0 Å². The highest BCUT2D eigenvalue weighted by Gasteiger charge is 2.27. The molecule has 0 spiro atoms.